The van der Waals surface area contributed by atoms with Gasteiger partial charge < -0.3 is 0 Å². The molecule has 6 heteroatoms. The molecule has 0 aliphatic rings. The van der Waals surface area contributed by atoms with Crippen LogP contribution in [0, 0.1) is 0 Å². The second-order valence-corrected chi connectivity index (χ2v) is 4.32. The second kappa shape index (κ2) is 4.86. The zero-order valence-corrected chi connectivity index (χ0v) is 10.1. The summed E-state index contributed by atoms with van der Waals surface area (Å²) in [5.74, 6) is -3.87. The predicted molar refractivity (Wildman–Crippen MR) is 61.2 cm³/mol. The molecule has 0 bridgehead atoms. The van der Waals surface area contributed by atoms with Gasteiger partial charge in [0.25, 0.3) is 0 Å². The number of hydrogen-bond acceptors (Lipinski definition) is 0. The van der Waals surface area contributed by atoms with E-state index in [0.717, 1.165) is 0 Å². The highest BCUT2D eigenvalue weighted by atomic mass is 35.5. The lowest BCUT2D eigenvalue weighted by atomic mass is 10.0. The van der Waals surface area contributed by atoms with Crippen molar-refractivity contribution < 1.29 is 13.2 Å². The van der Waals surface area contributed by atoms with Crippen LogP contribution in [-0.4, -0.2) is 11.6 Å². The molecule has 0 amide bonds. The molecular weight excluding hydrogens is 283 g/mol. The van der Waals surface area contributed by atoms with Gasteiger partial charge in [0.2, 0.25) is 5.63 Å². The minimum absolute atomic E-state index is 0.0502. The molecule has 16 heavy (non-hydrogen) atoms. The Morgan fingerprint density at radius 2 is 1.62 bits per heavy atom. The van der Waals surface area contributed by atoms with E-state index >= 15 is 0 Å². The highest BCUT2D eigenvalue weighted by molar-refractivity contribution is 6.34. The first-order chi connectivity index (χ1) is 7.25. The first-order valence-electron chi connectivity index (χ1n) is 4.07. The monoisotopic (exact) mass is 288 g/mol. The van der Waals surface area contributed by atoms with Crippen LogP contribution in [0.1, 0.15) is 5.56 Å². The van der Waals surface area contributed by atoms with E-state index in [9.17, 15) is 13.2 Å². The van der Waals surface area contributed by atoms with Crippen molar-refractivity contribution in [3.63, 3.8) is 0 Å². The van der Waals surface area contributed by atoms with Crippen LogP contribution in [0.4, 0.5) is 13.2 Å². The van der Waals surface area contributed by atoms with E-state index in [-0.39, 0.29) is 15.6 Å². The Bertz CT molecular complexity index is 396. The molecule has 0 heterocycles. The molecule has 1 unspecified atom stereocenters. The van der Waals surface area contributed by atoms with E-state index in [1.165, 1.54) is 18.2 Å². The van der Waals surface area contributed by atoms with Crippen LogP contribution < -0.4 is 0 Å². The van der Waals surface area contributed by atoms with Crippen molar-refractivity contribution in [2.45, 2.75) is 11.6 Å². The lowest BCUT2D eigenvalue weighted by Crippen LogP contribution is -2.26. The lowest BCUT2D eigenvalue weighted by molar-refractivity contribution is 0.0192. The van der Waals surface area contributed by atoms with E-state index in [2.05, 4.69) is 6.58 Å². The van der Waals surface area contributed by atoms with Gasteiger partial charge in [-0.3, -0.25) is 0 Å². The summed E-state index contributed by atoms with van der Waals surface area (Å²) in [5, 5.41) is 0.314. The fourth-order valence-corrected chi connectivity index (χ4v) is 1.71. The lowest BCUT2D eigenvalue weighted by Gasteiger charge is -2.19. The highest BCUT2D eigenvalue weighted by Gasteiger charge is 2.42. The van der Waals surface area contributed by atoms with Crippen molar-refractivity contribution in [3.05, 3.63) is 40.4 Å². The summed E-state index contributed by atoms with van der Waals surface area (Å²) in [5.41, 5.74) is -3.66. The number of halogens is 6. The Kier molecular flexibility index (Phi) is 4.16. The molecule has 1 rings (SSSR count). The quantitative estimate of drug-likeness (QED) is 0.673. The van der Waals surface area contributed by atoms with Crippen LogP contribution in [0.15, 0.2) is 24.8 Å². The molecule has 0 saturated heterocycles. The number of allylic oxidation sites excluding steroid dienone is 1. The van der Waals surface area contributed by atoms with E-state index in [4.69, 9.17) is 34.8 Å². The summed E-state index contributed by atoms with van der Waals surface area (Å²) in [6, 6.07) is 3.79. The smallest absolute Gasteiger partial charge is 0.223 e. The minimum atomic E-state index is -3.87. The number of benzene rings is 1. The van der Waals surface area contributed by atoms with Crippen LogP contribution in [0.3, 0.4) is 0 Å². The van der Waals surface area contributed by atoms with Crippen molar-refractivity contribution in [2.24, 2.45) is 0 Å². The van der Waals surface area contributed by atoms with E-state index in [1.807, 2.05) is 0 Å². The molecule has 88 valence electrons. The van der Waals surface area contributed by atoms with Gasteiger partial charge in [0.1, 0.15) is 0 Å². The van der Waals surface area contributed by atoms with Gasteiger partial charge in [0.05, 0.1) is 0 Å². The Labute approximate surface area is 106 Å². The summed E-state index contributed by atoms with van der Waals surface area (Å²) in [6.45, 7) is 3.11. The zero-order valence-electron chi connectivity index (χ0n) is 7.78. The average Bonchev–Trinajstić information content (AvgIpc) is 2.14. The third kappa shape index (κ3) is 2.84. The normalized spacial score (nSPS) is 13.6. The van der Waals surface area contributed by atoms with Gasteiger partial charge >= 0.3 is 5.92 Å². The fourth-order valence-electron chi connectivity index (χ4n) is 1.05. The standard InChI is InChI=1S/C10H6Cl3F3/c1-5(10(15,16)9(13)14)6-2-7(11)4-8(12)3-6/h2-4,9H,1H2. The molecule has 0 nitrogen and oxygen atoms in total. The Hall–Kier alpha value is -0.380. The predicted octanol–water partition coefficient (Wildman–Crippen LogP) is 5.18. The van der Waals surface area contributed by atoms with Gasteiger partial charge in [-0.15, -0.1) is 0 Å². The molecular formula is C10H6Cl3F3. The van der Waals surface area contributed by atoms with Crippen LogP contribution >= 0.6 is 34.8 Å². The fraction of sp³-hybridized carbons (Fsp3) is 0.200. The van der Waals surface area contributed by atoms with E-state index in [1.54, 1.807) is 0 Å². The van der Waals surface area contributed by atoms with Crippen molar-refractivity contribution >= 4 is 40.4 Å². The average molecular weight is 290 g/mol. The third-order valence-corrected chi connectivity index (χ3v) is 2.60. The number of hydrogen-bond donors (Lipinski definition) is 0. The molecule has 0 saturated carbocycles. The Morgan fingerprint density at radius 1 is 1.19 bits per heavy atom. The number of rotatable bonds is 3. The van der Waals surface area contributed by atoms with Gasteiger partial charge in [-0.1, -0.05) is 41.4 Å². The first-order valence-corrected chi connectivity index (χ1v) is 5.26. The highest BCUT2D eigenvalue weighted by Crippen LogP contribution is 2.38. The van der Waals surface area contributed by atoms with Gasteiger partial charge in [0, 0.05) is 15.6 Å². The van der Waals surface area contributed by atoms with Crippen LogP contribution in [0.25, 0.3) is 5.57 Å². The van der Waals surface area contributed by atoms with Gasteiger partial charge in [-0.05, 0) is 23.8 Å². The second-order valence-electron chi connectivity index (χ2n) is 3.06. The largest absolute Gasteiger partial charge is 0.317 e. The van der Waals surface area contributed by atoms with Crippen LogP contribution in [0.5, 0.6) is 0 Å². The molecule has 0 aliphatic heterocycles. The maximum atomic E-state index is 13.2. The molecule has 0 aromatic heterocycles. The zero-order chi connectivity index (χ0) is 12.5. The molecule has 0 N–H and O–H groups in total. The maximum absolute atomic E-state index is 13.2. The molecule has 0 radical (unpaired) electrons. The van der Waals surface area contributed by atoms with Crippen LogP contribution in [-0.2, 0) is 0 Å². The SMILES string of the molecule is C=C(c1cc(Cl)cc(Cl)c1)C(F)(F)C(F)Cl. The van der Waals surface area contributed by atoms with Gasteiger partial charge in [-0.2, -0.15) is 8.78 Å². The molecule has 0 fully saturated rings. The summed E-state index contributed by atoms with van der Waals surface area (Å²) < 4.78 is 38.9. The maximum Gasteiger partial charge on any atom is 0.317 e. The van der Waals surface area contributed by atoms with Crippen molar-refractivity contribution in [2.75, 3.05) is 0 Å². The minimum Gasteiger partial charge on any atom is -0.223 e. The van der Waals surface area contributed by atoms with E-state index < -0.39 is 17.1 Å². The van der Waals surface area contributed by atoms with Gasteiger partial charge in [0.15, 0.2) is 0 Å². The summed E-state index contributed by atoms with van der Waals surface area (Å²) in [4.78, 5) is 0. The molecule has 0 aliphatic carbocycles. The molecule has 0 spiro atoms. The van der Waals surface area contributed by atoms with E-state index in [0.29, 0.717) is 0 Å². The van der Waals surface area contributed by atoms with Gasteiger partial charge in [-0.25, -0.2) is 4.39 Å². The molecule has 1 atom stereocenters. The summed E-state index contributed by atoms with van der Waals surface area (Å²) in [6.07, 6.45) is 0. The topological polar surface area (TPSA) is 0 Å². The Balaban J connectivity index is 3.15. The summed E-state index contributed by atoms with van der Waals surface area (Å²) >= 11 is 16.0. The van der Waals surface area contributed by atoms with Crippen molar-refractivity contribution in [1.82, 2.24) is 0 Å². The number of alkyl halides is 4. The first kappa shape index (κ1) is 13.7. The van der Waals surface area contributed by atoms with Crippen molar-refractivity contribution in [3.8, 4) is 0 Å². The molecule has 1 aromatic rings. The van der Waals surface area contributed by atoms with Crippen LogP contribution in [0.2, 0.25) is 10.0 Å². The Morgan fingerprint density at radius 3 is 2.00 bits per heavy atom. The summed E-state index contributed by atoms with van der Waals surface area (Å²) in [7, 11) is 0. The third-order valence-electron chi connectivity index (χ3n) is 1.89. The molecule has 1 aromatic carbocycles. The van der Waals surface area contributed by atoms with Crippen molar-refractivity contribution in [1.29, 1.82) is 0 Å².